The van der Waals surface area contributed by atoms with Crippen molar-refractivity contribution in [3.63, 3.8) is 0 Å². The molecule has 1 aromatic carbocycles. The van der Waals surface area contributed by atoms with Crippen molar-refractivity contribution in [2.75, 3.05) is 0 Å². The summed E-state index contributed by atoms with van der Waals surface area (Å²) in [5.41, 5.74) is 3.48. The molecular formula is C15H17NOS. The summed E-state index contributed by atoms with van der Waals surface area (Å²) >= 11 is 1.38. The maximum absolute atomic E-state index is 10.6. The molecule has 0 aliphatic heterocycles. The monoisotopic (exact) mass is 259 g/mol. The SMILES string of the molecule is CCC(C)(C)c1ccc(-c2csc(C=O)n2)cc1. The van der Waals surface area contributed by atoms with E-state index in [9.17, 15) is 4.79 Å². The zero-order valence-corrected chi connectivity index (χ0v) is 11.8. The molecule has 3 heteroatoms. The van der Waals surface area contributed by atoms with Gasteiger partial charge in [0, 0.05) is 10.9 Å². The van der Waals surface area contributed by atoms with Crippen molar-refractivity contribution >= 4 is 17.6 Å². The summed E-state index contributed by atoms with van der Waals surface area (Å²) in [5.74, 6) is 0. The number of carbonyl (C=O) groups is 1. The molecule has 0 fully saturated rings. The molecule has 2 nitrogen and oxygen atoms in total. The van der Waals surface area contributed by atoms with Crippen LogP contribution in [0.1, 0.15) is 42.6 Å². The normalized spacial score (nSPS) is 11.5. The number of nitrogens with zero attached hydrogens (tertiary/aromatic N) is 1. The molecule has 0 aliphatic carbocycles. The molecule has 0 aliphatic rings. The van der Waals surface area contributed by atoms with Crippen LogP contribution in [0.3, 0.4) is 0 Å². The smallest absolute Gasteiger partial charge is 0.178 e. The zero-order valence-electron chi connectivity index (χ0n) is 10.9. The van der Waals surface area contributed by atoms with E-state index in [4.69, 9.17) is 0 Å². The minimum Gasteiger partial charge on any atom is -0.295 e. The van der Waals surface area contributed by atoms with Crippen LogP contribution in [0, 0.1) is 0 Å². The minimum absolute atomic E-state index is 0.203. The van der Waals surface area contributed by atoms with Crippen molar-refractivity contribution in [1.82, 2.24) is 4.98 Å². The lowest BCUT2D eigenvalue weighted by molar-refractivity contribution is 0.112. The van der Waals surface area contributed by atoms with Crippen LogP contribution in [0.4, 0.5) is 0 Å². The molecule has 94 valence electrons. The summed E-state index contributed by atoms with van der Waals surface area (Å²) in [6.07, 6.45) is 1.90. The van der Waals surface area contributed by atoms with Gasteiger partial charge in [-0.3, -0.25) is 4.79 Å². The molecule has 0 amide bonds. The second-order valence-corrected chi connectivity index (χ2v) is 5.89. The Kier molecular flexibility index (Phi) is 3.62. The number of rotatable bonds is 4. The molecule has 1 aromatic heterocycles. The van der Waals surface area contributed by atoms with E-state index >= 15 is 0 Å². The Morgan fingerprint density at radius 2 is 1.94 bits per heavy atom. The summed E-state index contributed by atoms with van der Waals surface area (Å²) in [4.78, 5) is 14.9. The third-order valence-electron chi connectivity index (χ3n) is 3.47. The quantitative estimate of drug-likeness (QED) is 0.766. The number of carbonyl (C=O) groups excluding carboxylic acids is 1. The second-order valence-electron chi connectivity index (χ2n) is 5.00. The largest absolute Gasteiger partial charge is 0.295 e. The number of hydrogen-bond acceptors (Lipinski definition) is 3. The van der Waals surface area contributed by atoms with Crippen molar-refractivity contribution < 1.29 is 4.79 Å². The van der Waals surface area contributed by atoms with Gasteiger partial charge in [-0.15, -0.1) is 11.3 Å². The van der Waals surface area contributed by atoms with Gasteiger partial charge in [0.15, 0.2) is 11.3 Å². The van der Waals surface area contributed by atoms with Crippen LogP contribution < -0.4 is 0 Å². The number of hydrogen-bond donors (Lipinski definition) is 0. The predicted molar refractivity (Wildman–Crippen MR) is 76.3 cm³/mol. The van der Waals surface area contributed by atoms with E-state index in [2.05, 4.69) is 50.0 Å². The van der Waals surface area contributed by atoms with Gasteiger partial charge in [-0.05, 0) is 17.4 Å². The molecule has 18 heavy (non-hydrogen) atoms. The summed E-state index contributed by atoms with van der Waals surface area (Å²) in [6.45, 7) is 6.69. The van der Waals surface area contributed by atoms with Gasteiger partial charge in [0.1, 0.15) is 0 Å². The lowest BCUT2D eigenvalue weighted by Gasteiger charge is -2.23. The van der Waals surface area contributed by atoms with Crippen molar-refractivity contribution in [3.05, 3.63) is 40.2 Å². The molecular weight excluding hydrogens is 242 g/mol. The summed E-state index contributed by atoms with van der Waals surface area (Å²) in [6, 6.07) is 8.46. The highest BCUT2D eigenvalue weighted by molar-refractivity contribution is 7.11. The van der Waals surface area contributed by atoms with E-state index in [1.54, 1.807) is 0 Å². The first-order valence-corrected chi connectivity index (χ1v) is 6.96. The lowest BCUT2D eigenvalue weighted by atomic mass is 9.82. The molecule has 2 rings (SSSR count). The van der Waals surface area contributed by atoms with E-state index in [-0.39, 0.29) is 5.41 Å². The first kappa shape index (κ1) is 13.0. The van der Waals surface area contributed by atoms with Gasteiger partial charge in [-0.25, -0.2) is 4.98 Å². The highest BCUT2D eigenvalue weighted by Crippen LogP contribution is 2.29. The van der Waals surface area contributed by atoms with Crippen LogP contribution >= 0.6 is 11.3 Å². The van der Waals surface area contributed by atoms with Gasteiger partial charge < -0.3 is 0 Å². The Bertz CT molecular complexity index is 540. The minimum atomic E-state index is 0.203. The van der Waals surface area contributed by atoms with Gasteiger partial charge in [0.25, 0.3) is 0 Å². The molecule has 2 aromatic rings. The Hall–Kier alpha value is -1.48. The van der Waals surface area contributed by atoms with Gasteiger partial charge in [-0.2, -0.15) is 0 Å². The number of aromatic nitrogens is 1. The van der Waals surface area contributed by atoms with Crippen LogP contribution in [0.2, 0.25) is 0 Å². The summed E-state index contributed by atoms with van der Waals surface area (Å²) < 4.78 is 0. The van der Waals surface area contributed by atoms with Gasteiger partial charge in [0.2, 0.25) is 0 Å². The van der Waals surface area contributed by atoms with Crippen LogP contribution in [0.5, 0.6) is 0 Å². The fraction of sp³-hybridized carbons (Fsp3) is 0.333. The number of thiazole rings is 1. The third-order valence-corrected chi connectivity index (χ3v) is 4.24. The number of benzene rings is 1. The van der Waals surface area contributed by atoms with E-state index in [0.29, 0.717) is 5.01 Å². The Morgan fingerprint density at radius 1 is 1.28 bits per heavy atom. The van der Waals surface area contributed by atoms with Crippen molar-refractivity contribution in [2.24, 2.45) is 0 Å². The summed E-state index contributed by atoms with van der Waals surface area (Å²) in [5, 5.41) is 2.45. The summed E-state index contributed by atoms with van der Waals surface area (Å²) in [7, 11) is 0. The van der Waals surface area contributed by atoms with Crippen molar-refractivity contribution in [1.29, 1.82) is 0 Å². The molecule has 0 spiro atoms. The molecule has 0 bridgehead atoms. The molecule has 0 atom stereocenters. The van der Waals surface area contributed by atoms with Crippen LogP contribution in [0.15, 0.2) is 29.6 Å². The Morgan fingerprint density at radius 3 is 2.44 bits per heavy atom. The Labute approximate surface area is 112 Å². The molecule has 0 saturated heterocycles. The maximum Gasteiger partial charge on any atom is 0.178 e. The van der Waals surface area contributed by atoms with E-state index in [0.717, 1.165) is 24.0 Å². The molecule has 0 radical (unpaired) electrons. The van der Waals surface area contributed by atoms with Crippen LogP contribution in [0.25, 0.3) is 11.3 Å². The topological polar surface area (TPSA) is 30.0 Å². The Balaban J connectivity index is 2.30. The highest BCUT2D eigenvalue weighted by Gasteiger charge is 2.17. The standard InChI is InChI=1S/C15H17NOS/c1-4-15(2,3)12-7-5-11(6-8-12)13-10-18-14(9-17)16-13/h5-10H,4H2,1-3H3. The number of aldehydes is 1. The van der Waals surface area contributed by atoms with Crippen molar-refractivity contribution in [2.45, 2.75) is 32.6 Å². The maximum atomic E-state index is 10.6. The lowest BCUT2D eigenvalue weighted by Crippen LogP contribution is -2.14. The first-order valence-electron chi connectivity index (χ1n) is 6.08. The fourth-order valence-electron chi connectivity index (χ4n) is 1.77. The molecule has 0 saturated carbocycles. The average Bonchev–Trinajstić information content (AvgIpc) is 2.87. The van der Waals surface area contributed by atoms with Crippen LogP contribution in [-0.2, 0) is 5.41 Å². The zero-order chi connectivity index (χ0) is 13.2. The van der Waals surface area contributed by atoms with Gasteiger partial charge in [0.05, 0.1) is 5.69 Å². The predicted octanol–water partition coefficient (Wildman–Crippen LogP) is 4.31. The van der Waals surface area contributed by atoms with Crippen molar-refractivity contribution in [3.8, 4) is 11.3 Å². The second kappa shape index (κ2) is 5.02. The molecule has 0 N–H and O–H groups in total. The highest BCUT2D eigenvalue weighted by atomic mass is 32.1. The molecule has 1 heterocycles. The van der Waals surface area contributed by atoms with E-state index < -0.39 is 0 Å². The van der Waals surface area contributed by atoms with E-state index in [1.807, 2.05) is 5.38 Å². The van der Waals surface area contributed by atoms with Crippen LogP contribution in [-0.4, -0.2) is 11.3 Å². The average molecular weight is 259 g/mol. The van der Waals surface area contributed by atoms with E-state index in [1.165, 1.54) is 16.9 Å². The molecule has 0 unspecified atom stereocenters. The van der Waals surface area contributed by atoms with Gasteiger partial charge >= 0.3 is 0 Å². The third kappa shape index (κ3) is 2.51. The first-order chi connectivity index (χ1) is 8.56. The fourth-order valence-corrected chi connectivity index (χ4v) is 2.40. The van der Waals surface area contributed by atoms with Gasteiger partial charge in [-0.1, -0.05) is 45.0 Å².